The molecule has 4 heteroatoms. The first-order valence-electron chi connectivity index (χ1n) is 20.1. The summed E-state index contributed by atoms with van der Waals surface area (Å²) in [4.78, 5) is 4.79. The minimum Gasteiger partial charge on any atom is -0.456 e. The highest BCUT2D eigenvalue weighted by molar-refractivity contribution is 6.17. The molecule has 0 aliphatic rings. The Bertz CT molecular complexity index is 3510. The maximum Gasteiger partial charge on any atom is 0.227 e. The topological polar surface area (TPSA) is 52.3 Å². The lowest BCUT2D eigenvalue weighted by Gasteiger charge is -2.20. The molecule has 12 rings (SSSR count). The molecule has 9 aromatic carbocycles. The zero-order valence-electron chi connectivity index (χ0n) is 31.9. The Morgan fingerprint density at radius 2 is 1.10 bits per heavy atom. The average Bonchev–Trinajstić information content (AvgIpc) is 4.02. The molecule has 0 saturated carbocycles. The van der Waals surface area contributed by atoms with Crippen molar-refractivity contribution in [1.82, 2.24) is 4.98 Å². The molecule has 0 aliphatic heterocycles. The van der Waals surface area contributed by atoms with Crippen molar-refractivity contribution in [1.29, 1.82) is 0 Å². The SMILES string of the molecule is c1ccc(-c2nc3ccc4oc5cc(-c6ccc(CC(c7ccc(-c8cccc9ccccc89)cc7)c7ccc8oc9ccccc9c8c7)cc6)ccc5c4c3o2)cc1. The van der Waals surface area contributed by atoms with E-state index in [1.165, 1.54) is 38.6 Å². The molecule has 0 N–H and O–H groups in total. The third-order valence-corrected chi connectivity index (χ3v) is 12.0. The van der Waals surface area contributed by atoms with Crippen LogP contribution in [0.3, 0.4) is 0 Å². The van der Waals surface area contributed by atoms with Gasteiger partial charge in [-0.15, -0.1) is 0 Å². The first-order valence-corrected chi connectivity index (χ1v) is 20.1. The second-order valence-electron chi connectivity index (χ2n) is 15.4. The molecule has 4 nitrogen and oxygen atoms in total. The van der Waals surface area contributed by atoms with Gasteiger partial charge >= 0.3 is 0 Å². The van der Waals surface area contributed by atoms with Crippen LogP contribution < -0.4 is 0 Å². The number of rotatable bonds is 7. The van der Waals surface area contributed by atoms with Crippen LogP contribution in [-0.4, -0.2) is 4.98 Å². The lowest BCUT2D eigenvalue weighted by molar-refractivity contribution is 0.622. The van der Waals surface area contributed by atoms with Gasteiger partial charge in [-0.2, -0.15) is 0 Å². The number of benzene rings is 9. The van der Waals surface area contributed by atoms with Gasteiger partial charge in [0.05, 0.1) is 5.39 Å². The summed E-state index contributed by atoms with van der Waals surface area (Å²) in [6.07, 6.45) is 0.843. The lowest BCUT2D eigenvalue weighted by atomic mass is 9.84. The second kappa shape index (κ2) is 13.5. The fraction of sp³-hybridized carbons (Fsp3) is 0.0364. The molecule has 3 aromatic heterocycles. The summed E-state index contributed by atoms with van der Waals surface area (Å²) in [6, 6.07) is 68.8. The molecule has 0 aliphatic carbocycles. The van der Waals surface area contributed by atoms with Crippen LogP contribution in [-0.2, 0) is 6.42 Å². The van der Waals surface area contributed by atoms with Gasteiger partial charge in [0.25, 0.3) is 0 Å². The Labute approximate surface area is 339 Å². The minimum absolute atomic E-state index is 0.128. The normalized spacial score (nSPS) is 12.4. The Morgan fingerprint density at radius 1 is 0.407 bits per heavy atom. The van der Waals surface area contributed by atoms with Crippen molar-refractivity contribution in [2.75, 3.05) is 0 Å². The molecule has 1 atom stereocenters. The van der Waals surface area contributed by atoms with Crippen molar-refractivity contribution in [2.24, 2.45) is 0 Å². The van der Waals surface area contributed by atoms with Crippen LogP contribution in [0.2, 0.25) is 0 Å². The van der Waals surface area contributed by atoms with Crippen molar-refractivity contribution in [3.8, 4) is 33.7 Å². The van der Waals surface area contributed by atoms with Gasteiger partial charge in [0.15, 0.2) is 5.58 Å². The number of nitrogens with zero attached hydrogens (tertiary/aromatic N) is 1. The Kier molecular flexibility index (Phi) is 7.63. The van der Waals surface area contributed by atoms with Crippen molar-refractivity contribution in [2.45, 2.75) is 12.3 Å². The number of oxazole rings is 1. The molecular weight excluding hydrogens is 723 g/mol. The summed E-state index contributed by atoms with van der Waals surface area (Å²) in [5, 5.41) is 6.76. The molecule has 12 aromatic rings. The summed E-state index contributed by atoms with van der Waals surface area (Å²) in [5.74, 6) is 0.734. The Hall–Kier alpha value is -7.69. The molecule has 0 radical (unpaired) electrons. The van der Waals surface area contributed by atoms with Gasteiger partial charge in [0, 0.05) is 27.6 Å². The van der Waals surface area contributed by atoms with Gasteiger partial charge < -0.3 is 13.3 Å². The second-order valence-corrected chi connectivity index (χ2v) is 15.4. The zero-order valence-corrected chi connectivity index (χ0v) is 31.9. The van der Waals surface area contributed by atoms with Crippen molar-refractivity contribution >= 4 is 65.7 Å². The van der Waals surface area contributed by atoms with Gasteiger partial charge in [-0.05, 0) is 111 Å². The van der Waals surface area contributed by atoms with E-state index < -0.39 is 0 Å². The van der Waals surface area contributed by atoms with Crippen molar-refractivity contribution < 1.29 is 13.3 Å². The molecule has 0 amide bonds. The molecule has 3 heterocycles. The quantitative estimate of drug-likeness (QED) is 0.162. The third-order valence-electron chi connectivity index (χ3n) is 12.0. The van der Waals surface area contributed by atoms with Gasteiger partial charge in [-0.1, -0.05) is 140 Å². The summed E-state index contributed by atoms with van der Waals surface area (Å²) >= 11 is 0. The summed E-state index contributed by atoms with van der Waals surface area (Å²) in [6.45, 7) is 0. The molecule has 1 unspecified atom stereocenters. The highest BCUT2D eigenvalue weighted by atomic mass is 16.4. The molecular formula is C55H35NO3. The lowest BCUT2D eigenvalue weighted by Crippen LogP contribution is -2.05. The third kappa shape index (κ3) is 5.72. The number of furan rings is 2. The van der Waals surface area contributed by atoms with Crippen LogP contribution in [0.5, 0.6) is 0 Å². The van der Waals surface area contributed by atoms with Crippen LogP contribution in [0.15, 0.2) is 207 Å². The maximum atomic E-state index is 6.43. The summed E-state index contributed by atoms with van der Waals surface area (Å²) in [5.41, 5.74) is 14.4. The molecule has 0 fully saturated rings. The predicted molar refractivity (Wildman–Crippen MR) is 241 cm³/mol. The smallest absolute Gasteiger partial charge is 0.227 e. The van der Waals surface area contributed by atoms with Crippen LogP contribution >= 0.6 is 0 Å². The van der Waals surface area contributed by atoms with Gasteiger partial charge in [-0.25, -0.2) is 4.98 Å². The number of hydrogen-bond acceptors (Lipinski definition) is 4. The number of para-hydroxylation sites is 1. The summed E-state index contributed by atoms with van der Waals surface area (Å²) in [7, 11) is 0. The Balaban J connectivity index is 0.889. The zero-order chi connectivity index (χ0) is 38.9. The van der Waals surface area contributed by atoms with Crippen LogP contribution in [0.4, 0.5) is 0 Å². The molecule has 0 spiro atoms. The van der Waals surface area contributed by atoms with E-state index in [4.69, 9.17) is 18.2 Å². The van der Waals surface area contributed by atoms with Crippen LogP contribution in [0, 0.1) is 0 Å². The van der Waals surface area contributed by atoms with Crippen LogP contribution in [0.1, 0.15) is 22.6 Å². The number of fused-ring (bicyclic) bond motifs is 9. The molecule has 278 valence electrons. The van der Waals surface area contributed by atoms with E-state index >= 15 is 0 Å². The standard InChI is InChI=1S/C55H35NO3/c1-2-10-39(11-3-1)55-56-48-28-30-51-53(54(48)59-55)45-27-25-40(33-52(45)58-51)35-19-17-34(18-20-35)31-46(41-26-29-50-47(32-41)44-14-6-7-16-49(44)57-50)38-23-21-37(22-24-38)43-15-8-12-36-9-4-5-13-42(36)43/h1-30,32-33,46H,31H2. The number of aromatic nitrogens is 1. The van der Waals surface area contributed by atoms with E-state index in [2.05, 4.69) is 140 Å². The van der Waals surface area contributed by atoms with Crippen molar-refractivity contribution in [3.05, 3.63) is 211 Å². The molecule has 0 bridgehead atoms. The monoisotopic (exact) mass is 757 g/mol. The number of hydrogen-bond donors (Lipinski definition) is 0. The first kappa shape index (κ1) is 33.4. The van der Waals surface area contributed by atoms with E-state index in [1.54, 1.807) is 0 Å². The Morgan fingerprint density at radius 3 is 1.98 bits per heavy atom. The van der Waals surface area contributed by atoms with E-state index in [0.717, 1.165) is 78.1 Å². The van der Waals surface area contributed by atoms with Crippen LogP contribution in [0.25, 0.3) is 99.5 Å². The van der Waals surface area contributed by atoms with E-state index in [0.29, 0.717) is 5.89 Å². The average molecular weight is 758 g/mol. The maximum absolute atomic E-state index is 6.43. The highest BCUT2D eigenvalue weighted by Crippen LogP contribution is 2.40. The van der Waals surface area contributed by atoms with Crippen molar-refractivity contribution in [3.63, 3.8) is 0 Å². The van der Waals surface area contributed by atoms with Gasteiger partial charge in [-0.3, -0.25) is 0 Å². The van der Waals surface area contributed by atoms with Gasteiger partial charge in [0.2, 0.25) is 5.89 Å². The summed E-state index contributed by atoms with van der Waals surface area (Å²) < 4.78 is 19.0. The largest absolute Gasteiger partial charge is 0.456 e. The molecule has 0 saturated heterocycles. The first-order chi connectivity index (χ1) is 29.2. The van der Waals surface area contributed by atoms with E-state index in [-0.39, 0.29) is 5.92 Å². The highest BCUT2D eigenvalue weighted by Gasteiger charge is 2.20. The fourth-order valence-electron chi connectivity index (χ4n) is 8.96. The fourth-order valence-corrected chi connectivity index (χ4v) is 8.96. The minimum atomic E-state index is 0.128. The van der Waals surface area contributed by atoms with E-state index in [9.17, 15) is 0 Å². The van der Waals surface area contributed by atoms with E-state index in [1.807, 2.05) is 54.6 Å². The van der Waals surface area contributed by atoms with Gasteiger partial charge in [0.1, 0.15) is 27.8 Å². The molecule has 59 heavy (non-hydrogen) atoms. The predicted octanol–water partition coefficient (Wildman–Crippen LogP) is 15.2.